The molecule has 0 atom stereocenters. The standard InChI is InChI=1S/C20H25N5O3S/c1-3-4-12-25-18(21)17(19(27)23-20(25)28)24(2)16(26)11-7-10-15-22-13-8-5-6-9-14(13)29-15/h5-6,8-9H,3-4,7,10-12,21H2,1-2H3,(H,23,27,28). The first-order valence-electron chi connectivity index (χ1n) is 9.66. The van der Waals surface area contributed by atoms with Crippen LogP contribution in [-0.2, 0) is 17.8 Å². The predicted molar refractivity (Wildman–Crippen MR) is 117 cm³/mol. The van der Waals surface area contributed by atoms with Gasteiger partial charge in [0.1, 0.15) is 5.82 Å². The maximum Gasteiger partial charge on any atom is 0.330 e. The third-order valence-electron chi connectivity index (χ3n) is 4.78. The van der Waals surface area contributed by atoms with Gasteiger partial charge in [0.05, 0.1) is 15.2 Å². The van der Waals surface area contributed by atoms with E-state index in [1.54, 1.807) is 11.3 Å². The van der Waals surface area contributed by atoms with E-state index >= 15 is 0 Å². The molecular weight excluding hydrogens is 390 g/mol. The zero-order valence-electron chi connectivity index (χ0n) is 16.6. The van der Waals surface area contributed by atoms with Gasteiger partial charge in [-0.05, 0) is 31.4 Å². The quantitative estimate of drug-likeness (QED) is 0.587. The van der Waals surface area contributed by atoms with E-state index in [4.69, 9.17) is 5.73 Å². The van der Waals surface area contributed by atoms with E-state index in [1.807, 2.05) is 31.2 Å². The summed E-state index contributed by atoms with van der Waals surface area (Å²) >= 11 is 1.62. The number of carbonyl (C=O) groups excluding carboxylic acids is 1. The molecule has 0 spiro atoms. The number of unbranched alkanes of at least 4 members (excludes halogenated alkanes) is 1. The lowest BCUT2D eigenvalue weighted by Gasteiger charge is -2.20. The molecule has 0 bridgehead atoms. The molecule has 3 N–H and O–H groups in total. The van der Waals surface area contributed by atoms with Crippen molar-refractivity contribution in [2.45, 2.75) is 45.6 Å². The highest BCUT2D eigenvalue weighted by atomic mass is 32.1. The second-order valence-electron chi connectivity index (χ2n) is 6.88. The van der Waals surface area contributed by atoms with E-state index in [0.717, 1.165) is 28.1 Å². The van der Waals surface area contributed by atoms with Gasteiger partial charge in [0, 0.05) is 20.0 Å². The third kappa shape index (κ3) is 4.56. The van der Waals surface area contributed by atoms with Gasteiger partial charge in [0.2, 0.25) is 5.91 Å². The van der Waals surface area contributed by atoms with Crippen molar-refractivity contribution in [2.24, 2.45) is 0 Å². The number of aryl methyl sites for hydroxylation is 1. The highest BCUT2D eigenvalue weighted by Gasteiger charge is 2.20. The van der Waals surface area contributed by atoms with E-state index in [1.165, 1.54) is 16.5 Å². The normalized spacial score (nSPS) is 11.1. The van der Waals surface area contributed by atoms with E-state index in [-0.39, 0.29) is 23.8 Å². The first kappa shape index (κ1) is 20.8. The molecule has 0 radical (unpaired) electrons. The van der Waals surface area contributed by atoms with Crippen molar-refractivity contribution < 1.29 is 4.79 Å². The molecule has 2 heterocycles. The molecule has 0 fully saturated rings. The topological polar surface area (TPSA) is 114 Å². The summed E-state index contributed by atoms with van der Waals surface area (Å²) in [4.78, 5) is 45.0. The van der Waals surface area contributed by atoms with E-state index in [0.29, 0.717) is 19.4 Å². The number of anilines is 2. The first-order valence-corrected chi connectivity index (χ1v) is 10.5. The van der Waals surface area contributed by atoms with Crippen LogP contribution in [0.4, 0.5) is 11.5 Å². The fraction of sp³-hybridized carbons (Fsp3) is 0.400. The summed E-state index contributed by atoms with van der Waals surface area (Å²) in [6.07, 6.45) is 3.16. The van der Waals surface area contributed by atoms with Crippen molar-refractivity contribution >= 4 is 39.0 Å². The second kappa shape index (κ2) is 9.04. The Kier molecular flexibility index (Phi) is 6.48. The van der Waals surface area contributed by atoms with Gasteiger partial charge in [-0.25, -0.2) is 9.78 Å². The number of amides is 1. The molecule has 1 amide bonds. The van der Waals surface area contributed by atoms with Crippen molar-refractivity contribution in [3.05, 3.63) is 50.1 Å². The third-order valence-corrected chi connectivity index (χ3v) is 5.87. The SMILES string of the molecule is CCCCn1c(N)c(N(C)C(=O)CCCc2nc3ccccc3s2)c(=O)[nH]c1=O. The lowest BCUT2D eigenvalue weighted by molar-refractivity contribution is -0.118. The summed E-state index contributed by atoms with van der Waals surface area (Å²) in [6, 6.07) is 7.92. The highest BCUT2D eigenvalue weighted by Crippen LogP contribution is 2.23. The minimum atomic E-state index is -0.651. The number of benzene rings is 1. The molecule has 9 heteroatoms. The lowest BCUT2D eigenvalue weighted by Crippen LogP contribution is -2.39. The Morgan fingerprint density at radius 1 is 1.28 bits per heavy atom. The molecule has 0 aliphatic heterocycles. The number of H-pyrrole nitrogens is 1. The van der Waals surface area contributed by atoms with Crippen LogP contribution in [0.5, 0.6) is 0 Å². The van der Waals surface area contributed by atoms with Crippen molar-refractivity contribution in [3.63, 3.8) is 0 Å². The Bertz CT molecular complexity index is 1100. The average molecular weight is 416 g/mol. The number of nitrogens with one attached hydrogen (secondary N) is 1. The summed E-state index contributed by atoms with van der Waals surface area (Å²) in [6.45, 7) is 2.39. The van der Waals surface area contributed by atoms with Crippen LogP contribution in [-0.4, -0.2) is 27.5 Å². The van der Waals surface area contributed by atoms with E-state index in [2.05, 4.69) is 9.97 Å². The monoisotopic (exact) mass is 415 g/mol. The number of para-hydroxylation sites is 1. The summed E-state index contributed by atoms with van der Waals surface area (Å²) in [5.41, 5.74) is 5.84. The number of nitrogen functional groups attached to an aromatic ring is 1. The highest BCUT2D eigenvalue weighted by molar-refractivity contribution is 7.18. The van der Waals surface area contributed by atoms with Crippen molar-refractivity contribution in [1.29, 1.82) is 0 Å². The number of nitrogens with two attached hydrogens (primary N) is 1. The van der Waals surface area contributed by atoms with Gasteiger partial charge >= 0.3 is 5.69 Å². The van der Waals surface area contributed by atoms with E-state index < -0.39 is 11.2 Å². The van der Waals surface area contributed by atoms with Crippen LogP contribution in [0, 0.1) is 0 Å². The number of nitrogens with zero attached hydrogens (tertiary/aromatic N) is 3. The zero-order chi connectivity index (χ0) is 21.0. The molecule has 2 aromatic heterocycles. The van der Waals surface area contributed by atoms with E-state index in [9.17, 15) is 14.4 Å². The molecule has 0 aliphatic carbocycles. The minimum absolute atomic E-state index is 0.0192. The Hall–Kier alpha value is -2.94. The number of aromatic nitrogens is 3. The molecule has 0 saturated heterocycles. The number of fused-ring (bicyclic) bond motifs is 1. The van der Waals surface area contributed by atoms with Gasteiger partial charge in [-0.15, -0.1) is 11.3 Å². The van der Waals surface area contributed by atoms with Crippen LogP contribution < -0.4 is 21.9 Å². The summed E-state index contributed by atoms with van der Waals surface area (Å²) in [5, 5.41) is 0.979. The van der Waals surface area contributed by atoms with Gasteiger partial charge in [-0.1, -0.05) is 25.5 Å². The van der Waals surface area contributed by atoms with Crippen LogP contribution >= 0.6 is 11.3 Å². The number of thiazole rings is 1. The Labute approximate surface area is 172 Å². The summed E-state index contributed by atoms with van der Waals surface area (Å²) in [7, 11) is 1.51. The first-order chi connectivity index (χ1) is 13.9. The predicted octanol–water partition coefficient (Wildman–Crippen LogP) is 2.51. The zero-order valence-corrected chi connectivity index (χ0v) is 17.4. The lowest BCUT2D eigenvalue weighted by atomic mass is 10.2. The Balaban J connectivity index is 1.69. The number of hydrogen-bond donors (Lipinski definition) is 2. The minimum Gasteiger partial charge on any atom is -0.383 e. The molecule has 29 heavy (non-hydrogen) atoms. The smallest absolute Gasteiger partial charge is 0.330 e. The average Bonchev–Trinajstić information content (AvgIpc) is 3.10. The van der Waals surface area contributed by atoms with Crippen molar-refractivity contribution in [3.8, 4) is 0 Å². The fourth-order valence-electron chi connectivity index (χ4n) is 3.15. The number of carbonyl (C=O) groups is 1. The van der Waals surface area contributed by atoms with Gasteiger partial charge in [0.15, 0.2) is 5.69 Å². The Morgan fingerprint density at radius 2 is 2.03 bits per heavy atom. The fourth-order valence-corrected chi connectivity index (χ4v) is 4.16. The van der Waals surface area contributed by atoms with Crippen LogP contribution in [0.1, 0.15) is 37.6 Å². The number of rotatable bonds is 8. The van der Waals surface area contributed by atoms with Gasteiger partial charge in [-0.2, -0.15) is 0 Å². The van der Waals surface area contributed by atoms with Crippen LogP contribution in [0.25, 0.3) is 10.2 Å². The summed E-state index contributed by atoms with van der Waals surface area (Å²) in [5.74, 6) is -0.210. The maximum absolute atomic E-state index is 12.6. The second-order valence-corrected chi connectivity index (χ2v) is 8.00. The molecule has 0 unspecified atom stereocenters. The largest absolute Gasteiger partial charge is 0.383 e. The molecule has 8 nitrogen and oxygen atoms in total. The van der Waals surface area contributed by atoms with Crippen molar-refractivity contribution in [1.82, 2.24) is 14.5 Å². The number of hydrogen-bond acceptors (Lipinski definition) is 6. The Morgan fingerprint density at radius 3 is 2.76 bits per heavy atom. The molecule has 3 rings (SSSR count). The number of aromatic amines is 1. The van der Waals surface area contributed by atoms with Gasteiger partial charge < -0.3 is 10.6 Å². The van der Waals surface area contributed by atoms with Gasteiger partial charge in [-0.3, -0.25) is 19.1 Å². The van der Waals surface area contributed by atoms with Crippen LogP contribution in [0.15, 0.2) is 33.9 Å². The molecule has 3 aromatic rings. The maximum atomic E-state index is 12.6. The van der Waals surface area contributed by atoms with Crippen LogP contribution in [0.2, 0.25) is 0 Å². The molecule has 154 valence electrons. The van der Waals surface area contributed by atoms with Gasteiger partial charge in [0.25, 0.3) is 5.56 Å². The molecule has 1 aromatic carbocycles. The molecule has 0 saturated carbocycles. The summed E-state index contributed by atoms with van der Waals surface area (Å²) < 4.78 is 2.44. The van der Waals surface area contributed by atoms with Crippen LogP contribution in [0.3, 0.4) is 0 Å². The molecular formula is C20H25N5O3S. The van der Waals surface area contributed by atoms with Crippen molar-refractivity contribution in [2.75, 3.05) is 17.7 Å². The molecule has 0 aliphatic rings.